The Morgan fingerprint density at radius 2 is 0.541 bits per heavy atom. The van der Waals surface area contributed by atoms with Gasteiger partial charge in [0.1, 0.15) is 0 Å². The third-order valence-electron chi connectivity index (χ3n) is 8.07. The van der Waals surface area contributed by atoms with E-state index in [4.69, 9.17) is 0 Å². The maximum atomic E-state index is 3.68. The molecule has 0 saturated carbocycles. The summed E-state index contributed by atoms with van der Waals surface area (Å²) in [5.74, 6) is 0. The molecule has 1 N–H and O–H groups in total. The Hall–Kier alpha value is -0.300. The van der Waals surface area contributed by atoms with E-state index in [1.54, 1.807) is 0 Å². The second-order valence-corrected chi connectivity index (χ2v) is 12.0. The van der Waals surface area contributed by atoms with E-state index in [0.717, 1.165) is 0 Å². The minimum atomic E-state index is 1.24. The molecule has 0 radical (unpaired) electrons. The van der Waals surface area contributed by atoms with Crippen molar-refractivity contribution in [1.29, 1.82) is 0 Å². The van der Waals surface area contributed by atoms with Crippen molar-refractivity contribution in [3.05, 3.63) is 12.2 Å². The molecule has 0 aromatic rings. The molecular formula is C36H73N. The Kier molecular flexibility index (Phi) is 35.4. The molecule has 0 rings (SSSR count). The van der Waals surface area contributed by atoms with Crippen molar-refractivity contribution in [2.75, 3.05) is 13.1 Å². The monoisotopic (exact) mass is 520 g/mol. The minimum Gasteiger partial charge on any atom is -0.317 e. The van der Waals surface area contributed by atoms with E-state index in [1.807, 2.05) is 0 Å². The fourth-order valence-corrected chi connectivity index (χ4v) is 5.42. The third kappa shape index (κ3) is 35.7. The zero-order valence-electron chi connectivity index (χ0n) is 26.3. The van der Waals surface area contributed by atoms with Gasteiger partial charge in [-0.1, -0.05) is 180 Å². The van der Waals surface area contributed by atoms with Crippen LogP contribution in [-0.2, 0) is 0 Å². The van der Waals surface area contributed by atoms with Gasteiger partial charge in [-0.2, -0.15) is 0 Å². The van der Waals surface area contributed by atoms with Crippen molar-refractivity contribution in [3.63, 3.8) is 0 Å². The topological polar surface area (TPSA) is 12.0 Å². The first kappa shape index (κ1) is 36.7. The highest BCUT2D eigenvalue weighted by atomic mass is 14.8. The zero-order valence-corrected chi connectivity index (χ0v) is 26.3. The number of hydrogen-bond acceptors (Lipinski definition) is 1. The van der Waals surface area contributed by atoms with Gasteiger partial charge in [0.05, 0.1) is 0 Å². The summed E-state index contributed by atoms with van der Waals surface area (Å²) >= 11 is 0. The Bertz CT molecular complexity index is 401. The molecule has 0 heterocycles. The molecule has 0 unspecified atom stereocenters. The number of nitrogens with one attached hydrogen (secondary N) is 1. The van der Waals surface area contributed by atoms with Crippen molar-refractivity contribution in [2.45, 2.75) is 206 Å². The number of hydrogen-bond donors (Lipinski definition) is 1. The van der Waals surface area contributed by atoms with E-state index < -0.39 is 0 Å². The van der Waals surface area contributed by atoms with E-state index in [-0.39, 0.29) is 0 Å². The van der Waals surface area contributed by atoms with E-state index in [1.165, 1.54) is 206 Å². The van der Waals surface area contributed by atoms with Crippen LogP contribution in [0, 0.1) is 0 Å². The molecule has 0 amide bonds. The maximum Gasteiger partial charge on any atom is -0.00489 e. The SMILES string of the molecule is CCCCCCCCC=CCCCCCCCCNCCCCCCCCCCCCCCCCCC. The van der Waals surface area contributed by atoms with E-state index in [9.17, 15) is 0 Å². The normalized spacial score (nSPS) is 11.7. The molecule has 0 aromatic carbocycles. The van der Waals surface area contributed by atoms with Crippen LogP contribution in [0.1, 0.15) is 206 Å². The molecular weight excluding hydrogens is 446 g/mol. The van der Waals surface area contributed by atoms with Crippen molar-refractivity contribution >= 4 is 0 Å². The van der Waals surface area contributed by atoms with E-state index in [2.05, 4.69) is 31.3 Å². The molecule has 0 saturated heterocycles. The first-order valence-corrected chi connectivity index (χ1v) is 17.8. The van der Waals surface area contributed by atoms with Crippen LogP contribution in [0.25, 0.3) is 0 Å². The second kappa shape index (κ2) is 35.7. The van der Waals surface area contributed by atoms with Crippen molar-refractivity contribution in [1.82, 2.24) is 5.32 Å². The lowest BCUT2D eigenvalue weighted by Gasteiger charge is -2.05. The van der Waals surface area contributed by atoms with E-state index >= 15 is 0 Å². The van der Waals surface area contributed by atoms with Gasteiger partial charge in [-0.25, -0.2) is 0 Å². The maximum absolute atomic E-state index is 3.68. The van der Waals surface area contributed by atoms with E-state index in [0.29, 0.717) is 0 Å². The van der Waals surface area contributed by atoms with Crippen LogP contribution in [0.3, 0.4) is 0 Å². The Morgan fingerprint density at radius 1 is 0.297 bits per heavy atom. The van der Waals surface area contributed by atoms with Gasteiger partial charge in [-0.05, 0) is 51.6 Å². The second-order valence-electron chi connectivity index (χ2n) is 12.0. The van der Waals surface area contributed by atoms with Crippen LogP contribution in [0.15, 0.2) is 12.2 Å². The molecule has 0 atom stereocenters. The van der Waals surface area contributed by atoms with Crippen molar-refractivity contribution in [3.8, 4) is 0 Å². The lowest BCUT2D eigenvalue weighted by atomic mass is 10.0. The largest absolute Gasteiger partial charge is 0.317 e. The lowest BCUT2D eigenvalue weighted by Crippen LogP contribution is -2.16. The smallest absolute Gasteiger partial charge is 0.00489 e. The van der Waals surface area contributed by atoms with Crippen LogP contribution in [0.4, 0.5) is 0 Å². The highest BCUT2D eigenvalue weighted by Gasteiger charge is 1.96. The molecule has 0 spiro atoms. The van der Waals surface area contributed by atoms with Crippen LogP contribution < -0.4 is 5.32 Å². The predicted octanol–water partition coefficient (Wildman–Crippen LogP) is 12.9. The summed E-state index contributed by atoms with van der Waals surface area (Å²) in [5, 5.41) is 3.68. The quantitative estimate of drug-likeness (QED) is 0.0671. The number of unbranched alkanes of at least 4 members (excludes halogenated alkanes) is 27. The molecule has 0 aliphatic rings. The average molecular weight is 520 g/mol. The van der Waals surface area contributed by atoms with Gasteiger partial charge in [0.25, 0.3) is 0 Å². The average Bonchev–Trinajstić information content (AvgIpc) is 2.91. The molecule has 0 aliphatic heterocycles. The molecule has 0 fully saturated rings. The Balaban J connectivity index is 3.05. The molecule has 37 heavy (non-hydrogen) atoms. The highest BCUT2D eigenvalue weighted by Crippen LogP contribution is 2.14. The summed E-state index contributed by atoms with van der Waals surface area (Å²) in [5.41, 5.74) is 0. The fourth-order valence-electron chi connectivity index (χ4n) is 5.42. The summed E-state index contributed by atoms with van der Waals surface area (Å²) in [6, 6.07) is 0. The van der Waals surface area contributed by atoms with Crippen LogP contribution in [-0.4, -0.2) is 13.1 Å². The molecule has 222 valence electrons. The molecule has 1 nitrogen and oxygen atoms in total. The molecule has 0 bridgehead atoms. The molecule has 1 heteroatoms. The Labute approximate surface area is 236 Å². The van der Waals surface area contributed by atoms with Gasteiger partial charge in [0.2, 0.25) is 0 Å². The zero-order chi connectivity index (χ0) is 26.7. The Morgan fingerprint density at radius 3 is 0.838 bits per heavy atom. The lowest BCUT2D eigenvalue weighted by molar-refractivity contribution is 0.520. The van der Waals surface area contributed by atoms with Crippen molar-refractivity contribution < 1.29 is 0 Å². The summed E-state index contributed by atoms with van der Waals surface area (Å²) in [6.07, 6.45) is 47.7. The summed E-state index contributed by atoms with van der Waals surface area (Å²) in [7, 11) is 0. The van der Waals surface area contributed by atoms with Gasteiger partial charge >= 0.3 is 0 Å². The van der Waals surface area contributed by atoms with Gasteiger partial charge in [-0.15, -0.1) is 0 Å². The fraction of sp³-hybridized carbons (Fsp3) is 0.944. The van der Waals surface area contributed by atoms with Crippen LogP contribution >= 0.6 is 0 Å². The van der Waals surface area contributed by atoms with Gasteiger partial charge in [-0.3, -0.25) is 0 Å². The van der Waals surface area contributed by atoms with Gasteiger partial charge in [0.15, 0.2) is 0 Å². The first-order valence-electron chi connectivity index (χ1n) is 17.8. The summed E-state index contributed by atoms with van der Waals surface area (Å²) in [6.45, 7) is 7.08. The minimum absolute atomic E-state index is 1.24. The molecule has 0 aliphatic carbocycles. The summed E-state index contributed by atoms with van der Waals surface area (Å²) in [4.78, 5) is 0. The number of allylic oxidation sites excluding steroid dienone is 2. The van der Waals surface area contributed by atoms with Gasteiger partial charge < -0.3 is 5.32 Å². The van der Waals surface area contributed by atoms with Crippen molar-refractivity contribution in [2.24, 2.45) is 0 Å². The predicted molar refractivity (Wildman–Crippen MR) is 172 cm³/mol. The van der Waals surface area contributed by atoms with Crippen LogP contribution in [0.5, 0.6) is 0 Å². The highest BCUT2D eigenvalue weighted by molar-refractivity contribution is 4.81. The first-order chi connectivity index (χ1) is 18.4. The molecule has 0 aromatic heterocycles. The van der Waals surface area contributed by atoms with Gasteiger partial charge in [0, 0.05) is 0 Å². The van der Waals surface area contributed by atoms with Crippen LogP contribution in [0.2, 0.25) is 0 Å². The standard InChI is InChI=1S/C36H73N/c1-3-5-7-9-11-13-15-17-19-21-23-25-27-29-31-33-35-37-36-34-32-30-28-26-24-22-20-18-16-14-12-10-8-6-4-2/h17,19,37H,3-16,18,20-36H2,1-2H3. The number of rotatable bonds is 33. The summed E-state index contributed by atoms with van der Waals surface area (Å²) < 4.78 is 0. The third-order valence-corrected chi connectivity index (χ3v) is 8.07.